The molecule has 1 amide bonds. The molecule has 1 rings (SSSR count). The van der Waals surface area contributed by atoms with Crippen molar-refractivity contribution < 1.29 is 18.0 Å². The van der Waals surface area contributed by atoms with Crippen molar-refractivity contribution in [1.82, 2.24) is 5.32 Å². The smallest absolute Gasteiger partial charge is 0.348 e. The fraction of sp³-hybridized carbons (Fsp3) is 0.300. The number of carbonyl (C=O) groups excluding carboxylic acids is 1. The first-order valence-corrected chi connectivity index (χ1v) is 4.87. The summed E-state index contributed by atoms with van der Waals surface area (Å²) in [5, 5.41) is 2.25. The van der Waals surface area contributed by atoms with Crippen molar-refractivity contribution in [2.75, 3.05) is 6.54 Å². The molecule has 0 heterocycles. The molecule has 0 radical (unpaired) electrons. The van der Waals surface area contributed by atoms with E-state index in [-0.39, 0.29) is 13.0 Å². The lowest BCUT2D eigenvalue weighted by Gasteiger charge is -2.08. The summed E-state index contributed by atoms with van der Waals surface area (Å²) < 4.78 is 35.4. The highest BCUT2D eigenvalue weighted by Gasteiger charge is 2.38. The van der Waals surface area contributed by atoms with Crippen molar-refractivity contribution in [3.05, 3.63) is 34.9 Å². The van der Waals surface area contributed by atoms with Gasteiger partial charge in [-0.1, -0.05) is 29.8 Å². The average Bonchev–Trinajstić information content (AvgIpc) is 2.19. The molecule has 0 saturated carbocycles. The molecule has 0 aliphatic rings. The minimum absolute atomic E-state index is 0.0952. The Hall–Kier alpha value is -1.23. The number of halogens is 4. The number of amides is 1. The lowest BCUT2D eigenvalue weighted by atomic mass is 10.1. The normalized spacial score (nSPS) is 11.2. The van der Waals surface area contributed by atoms with Crippen LogP contribution in [-0.2, 0) is 11.2 Å². The lowest BCUT2D eigenvalue weighted by molar-refractivity contribution is -0.173. The van der Waals surface area contributed by atoms with Crippen LogP contribution in [-0.4, -0.2) is 18.6 Å². The van der Waals surface area contributed by atoms with Crippen LogP contribution in [0.15, 0.2) is 24.3 Å². The predicted molar refractivity (Wildman–Crippen MR) is 54.2 cm³/mol. The SMILES string of the molecule is O=C(NCCc1ccccc1Cl)C(F)(F)F. The van der Waals surface area contributed by atoms with Gasteiger partial charge in [-0.3, -0.25) is 4.79 Å². The van der Waals surface area contributed by atoms with Gasteiger partial charge in [0.05, 0.1) is 0 Å². The van der Waals surface area contributed by atoms with E-state index in [1.165, 1.54) is 0 Å². The number of rotatable bonds is 3. The lowest BCUT2D eigenvalue weighted by Crippen LogP contribution is -2.37. The largest absolute Gasteiger partial charge is 0.471 e. The molecular weight excluding hydrogens is 243 g/mol. The van der Waals surface area contributed by atoms with E-state index in [2.05, 4.69) is 0 Å². The monoisotopic (exact) mass is 251 g/mol. The van der Waals surface area contributed by atoms with Crippen molar-refractivity contribution in [3.8, 4) is 0 Å². The van der Waals surface area contributed by atoms with Crippen molar-refractivity contribution in [2.24, 2.45) is 0 Å². The molecule has 1 aromatic carbocycles. The first-order valence-electron chi connectivity index (χ1n) is 4.49. The Morgan fingerprint density at radius 1 is 1.31 bits per heavy atom. The Balaban J connectivity index is 2.43. The molecule has 0 unspecified atom stereocenters. The van der Waals surface area contributed by atoms with E-state index in [1.54, 1.807) is 29.6 Å². The molecule has 0 atom stereocenters. The van der Waals surface area contributed by atoms with Crippen molar-refractivity contribution in [3.63, 3.8) is 0 Å². The molecule has 1 N–H and O–H groups in total. The van der Waals surface area contributed by atoms with Gasteiger partial charge in [0.15, 0.2) is 0 Å². The van der Waals surface area contributed by atoms with Crippen molar-refractivity contribution >= 4 is 17.5 Å². The number of hydrogen-bond acceptors (Lipinski definition) is 1. The Kier molecular flexibility index (Phi) is 4.18. The van der Waals surface area contributed by atoms with Gasteiger partial charge < -0.3 is 5.32 Å². The summed E-state index contributed by atoms with van der Waals surface area (Å²) >= 11 is 5.79. The van der Waals surface area contributed by atoms with Crippen LogP contribution in [0.5, 0.6) is 0 Å². The van der Waals surface area contributed by atoms with Crippen LogP contribution in [0.2, 0.25) is 5.02 Å². The quantitative estimate of drug-likeness (QED) is 0.879. The number of carbonyl (C=O) groups is 1. The Morgan fingerprint density at radius 2 is 1.94 bits per heavy atom. The molecule has 16 heavy (non-hydrogen) atoms. The van der Waals surface area contributed by atoms with Gasteiger partial charge in [0.2, 0.25) is 0 Å². The molecular formula is C10H9ClF3NO. The summed E-state index contributed by atoms with van der Waals surface area (Å²) in [5.41, 5.74) is 0.701. The number of hydrogen-bond donors (Lipinski definition) is 1. The highest BCUT2D eigenvalue weighted by Crippen LogP contribution is 2.16. The summed E-state index contributed by atoms with van der Waals surface area (Å²) in [6.45, 7) is -0.0952. The van der Waals surface area contributed by atoms with E-state index in [9.17, 15) is 18.0 Å². The van der Waals surface area contributed by atoms with E-state index in [0.717, 1.165) is 0 Å². The zero-order valence-electron chi connectivity index (χ0n) is 8.14. The van der Waals surface area contributed by atoms with E-state index < -0.39 is 12.1 Å². The zero-order valence-corrected chi connectivity index (χ0v) is 8.90. The van der Waals surface area contributed by atoms with Gasteiger partial charge in [0.1, 0.15) is 0 Å². The van der Waals surface area contributed by atoms with Gasteiger partial charge in [-0.2, -0.15) is 13.2 Å². The average molecular weight is 252 g/mol. The molecule has 0 saturated heterocycles. The summed E-state index contributed by atoms with van der Waals surface area (Å²) in [5.74, 6) is -1.93. The van der Waals surface area contributed by atoms with Crippen LogP contribution in [0.4, 0.5) is 13.2 Å². The van der Waals surface area contributed by atoms with E-state index >= 15 is 0 Å². The highest BCUT2D eigenvalue weighted by atomic mass is 35.5. The molecule has 88 valence electrons. The van der Waals surface area contributed by atoms with Crippen LogP contribution in [0.1, 0.15) is 5.56 Å². The Bertz CT molecular complexity index is 379. The summed E-state index contributed by atoms with van der Waals surface area (Å²) in [6.07, 6.45) is -4.57. The molecule has 6 heteroatoms. The van der Waals surface area contributed by atoms with Gasteiger partial charge in [0, 0.05) is 11.6 Å². The molecule has 0 fully saturated rings. The second-order valence-corrected chi connectivity index (χ2v) is 3.50. The molecule has 0 aromatic heterocycles. The predicted octanol–water partition coefficient (Wildman–Crippen LogP) is 2.56. The standard InChI is InChI=1S/C10H9ClF3NO/c11-8-4-2-1-3-7(8)5-6-15-9(16)10(12,13)14/h1-4H,5-6H2,(H,15,16). The van der Waals surface area contributed by atoms with Crippen LogP contribution in [0, 0.1) is 0 Å². The number of nitrogens with one attached hydrogen (secondary N) is 1. The van der Waals surface area contributed by atoms with Crippen molar-refractivity contribution in [2.45, 2.75) is 12.6 Å². The fourth-order valence-electron chi connectivity index (χ4n) is 1.11. The van der Waals surface area contributed by atoms with Gasteiger partial charge in [0.25, 0.3) is 0 Å². The van der Waals surface area contributed by atoms with Crippen LogP contribution >= 0.6 is 11.6 Å². The molecule has 1 aromatic rings. The molecule has 0 aliphatic heterocycles. The third-order valence-electron chi connectivity index (χ3n) is 1.90. The van der Waals surface area contributed by atoms with Crippen LogP contribution in [0.25, 0.3) is 0 Å². The maximum Gasteiger partial charge on any atom is 0.471 e. The third-order valence-corrected chi connectivity index (χ3v) is 2.26. The first-order chi connectivity index (χ1) is 7.41. The maximum absolute atomic E-state index is 11.8. The topological polar surface area (TPSA) is 29.1 Å². The van der Waals surface area contributed by atoms with Crippen LogP contribution in [0.3, 0.4) is 0 Å². The van der Waals surface area contributed by atoms with E-state index in [4.69, 9.17) is 11.6 Å². The molecule has 0 aliphatic carbocycles. The summed E-state index contributed by atoms with van der Waals surface area (Å²) in [7, 11) is 0. The third kappa shape index (κ3) is 3.73. The van der Waals surface area contributed by atoms with Gasteiger partial charge in [-0.05, 0) is 18.1 Å². The fourth-order valence-corrected chi connectivity index (χ4v) is 1.34. The summed E-state index contributed by atoms with van der Waals surface area (Å²) in [4.78, 5) is 10.5. The number of alkyl halides is 3. The second-order valence-electron chi connectivity index (χ2n) is 3.10. The van der Waals surface area contributed by atoms with Gasteiger partial charge >= 0.3 is 12.1 Å². The highest BCUT2D eigenvalue weighted by molar-refractivity contribution is 6.31. The minimum Gasteiger partial charge on any atom is -0.348 e. The van der Waals surface area contributed by atoms with E-state index in [0.29, 0.717) is 10.6 Å². The second kappa shape index (κ2) is 5.21. The van der Waals surface area contributed by atoms with Gasteiger partial charge in [-0.25, -0.2) is 0 Å². The molecule has 2 nitrogen and oxygen atoms in total. The molecule has 0 bridgehead atoms. The van der Waals surface area contributed by atoms with E-state index in [1.807, 2.05) is 0 Å². The van der Waals surface area contributed by atoms with Gasteiger partial charge in [-0.15, -0.1) is 0 Å². The summed E-state index contributed by atoms with van der Waals surface area (Å²) in [6, 6.07) is 6.79. The number of benzene rings is 1. The Labute approximate surface area is 95.4 Å². The minimum atomic E-state index is -4.83. The first kappa shape index (κ1) is 12.8. The van der Waals surface area contributed by atoms with Crippen molar-refractivity contribution in [1.29, 1.82) is 0 Å². The Morgan fingerprint density at radius 3 is 2.50 bits per heavy atom. The van der Waals surface area contributed by atoms with Crippen LogP contribution < -0.4 is 5.32 Å². The molecule has 0 spiro atoms. The maximum atomic E-state index is 11.8. The zero-order chi connectivity index (χ0) is 12.2.